The van der Waals surface area contributed by atoms with Gasteiger partial charge in [0.2, 0.25) is 0 Å². The third-order valence-electron chi connectivity index (χ3n) is 2.93. The van der Waals surface area contributed by atoms with Crippen molar-refractivity contribution in [2.24, 2.45) is 5.14 Å². The van der Waals surface area contributed by atoms with Gasteiger partial charge >= 0.3 is 6.18 Å². The Morgan fingerprint density at radius 3 is 2.21 bits per heavy atom. The minimum absolute atomic E-state index is 0.567. The first-order chi connectivity index (χ1) is 8.54. The summed E-state index contributed by atoms with van der Waals surface area (Å²) in [6.07, 6.45) is -4.70. The van der Waals surface area contributed by atoms with Crippen molar-refractivity contribution in [2.45, 2.75) is 11.8 Å². The second kappa shape index (κ2) is 4.15. The third kappa shape index (κ3) is 2.58. The molecule has 9 heteroatoms. The van der Waals surface area contributed by atoms with Gasteiger partial charge in [0.1, 0.15) is 0 Å². The highest BCUT2D eigenvalue weighted by atomic mass is 32.2. The van der Waals surface area contributed by atoms with E-state index < -0.39 is 46.3 Å². The second-order valence-electron chi connectivity index (χ2n) is 4.32. The molecule has 0 saturated carbocycles. The van der Waals surface area contributed by atoms with Gasteiger partial charge in [-0.2, -0.15) is 25.9 Å². The van der Waals surface area contributed by atoms with Crippen LogP contribution >= 0.6 is 0 Å². The first-order valence-corrected chi connectivity index (χ1v) is 6.68. The van der Waals surface area contributed by atoms with Crippen LogP contribution in [0.4, 0.5) is 17.6 Å². The maximum Gasteiger partial charge on any atom is 0.416 e. The SMILES string of the molecule is NS(=O)(=O)N1CC(F)(c2ccccc2C(F)(F)F)C1. The van der Waals surface area contributed by atoms with E-state index >= 15 is 0 Å². The van der Waals surface area contributed by atoms with Crippen LogP contribution in [0.3, 0.4) is 0 Å². The van der Waals surface area contributed by atoms with Crippen molar-refractivity contribution in [3.8, 4) is 0 Å². The van der Waals surface area contributed by atoms with Crippen molar-refractivity contribution in [1.82, 2.24) is 4.31 Å². The minimum Gasteiger partial charge on any atom is -0.236 e. The molecule has 0 spiro atoms. The molecule has 0 bridgehead atoms. The molecule has 1 aliphatic heterocycles. The topological polar surface area (TPSA) is 63.4 Å². The van der Waals surface area contributed by atoms with Crippen molar-refractivity contribution in [3.05, 3.63) is 35.4 Å². The molecule has 1 saturated heterocycles. The van der Waals surface area contributed by atoms with Crippen LogP contribution in [-0.4, -0.2) is 25.8 Å². The van der Waals surface area contributed by atoms with Crippen molar-refractivity contribution in [2.75, 3.05) is 13.1 Å². The van der Waals surface area contributed by atoms with Crippen molar-refractivity contribution in [3.63, 3.8) is 0 Å². The van der Waals surface area contributed by atoms with E-state index in [-0.39, 0.29) is 0 Å². The molecule has 0 amide bonds. The maximum atomic E-state index is 14.3. The van der Waals surface area contributed by atoms with Gasteiger partial charge in [0.05, 0.1) is 18.7 Å². The van der Waals surface area contributed by atoms with Crippen molar-refractivity contribution in [1.29, 1.82) is 0 Å². The number of halogens is 4. The quantitative estimate of drug-likeness (QED) is 0.839. The number of rotatable bonds is 2. The number of alkyl halides is 4. The summed E-state index contributed by atoms with van der Waals surface area (Å²) in [5, 5.41) is 4.77. The van der Waals surface area contributed by atoms with Crippen molar-refractivity contribution >= 4 is 10.2 Å². The standard InChI is InChI=1S/C10H10F4N2O2S/c11-9(5-16(6-9)19(15,17)18)7-3-1-2-4-8(7)10(12,13)14/h1-4H,5-6H2,(H2,15,17,18). The van der Waals surface area contributed by atoms with Crippen LogP contribution in [0.25, 0.3) is 0 Å². The molecule has 0 aliphatic carbocycles. The lowest BCUT2D eigenvalue weighted by Gasteiger charge is -2.43. The van der Waals surface area contributed by atoms with E-state index in [0.717, 1.165) is 18.2 Å². The lowest BCUT2D eigenvalue weighted by atomic mass is 9.86. The van der Waals surface area contributed by atoms with Gasteiger partial charge in [0.15, 0.2) is 5.67 Å². The van der Waals surface area contributed by atoms with Gasteiger partial charge in [0.25, 0.3) is 10.2 Å². The molecule has 1 aromatic rings. The van der Waals surface area contributed by atoms with Gasteiger partial charge in [-0.25, -0.2) is 9.53 Å². The number of hydrogen-bond acceptors (Lipinski definition) is 2. The van der Waals surface area contributed by atoms with Gasteiger partial charge in [-0.05, 0) is 6.07 Å². The van der Waals surface area contributed by atoms with Crippen molar-refractivity contribution < 1.29 is 26.0 Å². The average molecular weight is 298 g/mol. The van der Waals surface area contributed by atoms with E-state index in [1.165, 1.54) is 6.07 Å². The normalized spacial score (nSPS) is 20.1. The summed E-state index contributed by atoms with van der Waals surface area (Å²) in [5.41, 5.74) is -4.03. The summed E-state index contributed by atoms with van der Waals surface area (Å²) < 4.78 is 75.0. The molecule has 0 radical (unpaired) electrons. The van der Waals surface area contributed by atoms with E-state index in [0.29, 0.717) is 4.31 Å². The molecule has 1 aliphatic rings. The highest BCUT2D eigenvalue weighted by Crippen LogP contribution is 2.43. The number of nitrogens with zero attached hydrogens (tertiary/aromatic N) is 1. The van der Waals surface area contributed by atoms with Gasteiger partial charge < -0.3 is 0 Å². The summed E-state index contributed by atoms with van der Waals surface area (Å²) in [4.78, 5) is 0. The first-order valence-electron chi connectivity index (χ1n) is 5.17. The summed E-state index contributed by atoms with van der Waals surface area (Å²) in [7, 11) is -4.08. The Balaban J connectivity index is 2.35. The van der Waals surface area contributed by atoms with Crippen LogP contribution in [0.1, 0.15) is 11.1 Å². The smallest absolute Gasteiger partial charge is 0.236 e. The summed E-state index contributed by atoms with van der Waals surface area (Å²) in [6, 6.07) is 4.18. The van der Waals surface area contributed by atoms with Crippen LogP contribution < -0.4 is 5.14 Å². The Hall–Kier alpha value is -1.19. The van der Waals surface area contributed by atoms with E-state index in [9.17, 15) is 26.0 Å². The monoisotopic (exact) mass is 298 g/mol. The third-order valence-corrected chi connectivity index (χ3v) is 3.91. The molecule has 19 heavy (non-hydrogen) atoms. The number of benzene rings is 1. The molecule has 1 aromatic carbocycles. The number of nitrogens with two attached hydrogens (primary N) is 1. The zero-order chi connectivity index (χ0) is 14.5. The molecule has 4 nitrogen and oxygen atoms in total. The largest absolute Gasteiger partial charge is 0.416 e. The molecule has 1 fully saturated rings. The van der Waals surface area contributed by atoms with Crippen LogP contribution in [0.5, 0.6) is 0 Å². The van der Waals surface area contributed by atoms with Crippen LogP contribution in [0, 0.1) is 0 Å². The molecule has 2 rings (SSSR count). The predicted molar refractivity (Wildman–Crippen MR) is 58.9 cm³/mol. The maximum absolute atomic E-state index is 14.3. The van der Waals surface area contributed by atoms with Gasteiger partial charge in [-0.3, -0.25) is 0 Å². The molecular weight excluding hydrogens is 288 g/mol. The highest BCUT2D eigenvalue weighted by Gasteiger charge is 2.52. The zero-order valence-corrected chi connectivity index (χ0v) is 10.3. The fraction of sp³-hybridized carbons (Fsp3) is 0.400. The zero-order valence-electron chi connectivity index (χ0n) is 9.48. The predicted octanol–water partition coefficient (Wildman–Crippen LogP) is 1.39. The van der Waals surface area contributed by atoms with E-state index in [4.69, 9.17) is 5.14 Å². The fourth-order valence-electron chi connectivity index (χ4n) is 1.98. The van der Waals surface area contributed by atoms with Gasteiger partial charge in [0, 0.05) is 5.56 Å². The van der Waals surface area contributed by atoms with Gasteiger partial charge in [-0.15, -0.1) is 0 Å². The average Bonchev–Trinajstić information content (AvgIpc) is 2.22. The van der Waals surface area contributed by atoms with E-state index in [1.54, 1.807) is 0 Å². The Morgan fingerprint density at radius 2 is 1.74 bits per heavy atom. The Kier molecular flexibility index (Phi) is 3.11. The van der Waals surface area contributed by atoms with Crippen LogP contribution in [0.15, 0.2) is 24.3 Å². The van der Waals surface area contributed by atoms with E-state index in [1.807, 2.05) is 0 Å². The molecule has 2 N–H and O–H groups in total. The molecule has 0 atom stereocenters. The Labute approximate surface area is 107 Å². The molecule has 1 heterocycles. The lowest BCUT2D eigenvalue weighted by molar-refractivity contribution is -0.140. The van der Waals surface area contributed by atoms with Crippen LogP contribution in [-0.2, 0) is 22.1 Å². The fourth-order valence-corrected chi connectivity index (χ4v) is 2.75. The Bertz CT molecular complexity index is 594. The Morgan fingerprint density at radius 1 is 1.21 bits per heavy atom. The highest BCUT2D eigenvalue weighted by molar-refractivity contribution is 7.86. The molecule has 106 valence electrons. The van der Waals surface area contributed by atoms with E-state index in [2.05, 4.69) is 0 Å². The second-order valence-corrected chi connectivity index (χ2v) is 5.87. The minimum atomic E-state index is -4.70. The lowest BCUT2D eigenvalue weighted by Crippen LogP contribution is -2.60. The first kappa shape index (κ1) is 14.2. The summed E-state index contributed by atoms with van der Waals surface area (Å²) >= 11 is 0. The molecule has 0 aromatic heterocycles. The summed E-state index contributed by atoms with van der Waals surface area (Å²) in [6.45, 7) is -1.42. The molecular formula is C10H10F4N2O2S. The van der Waals surface area contributed by atoms with Crippen LogP contribution in [0.2, 0.25) is 0 Å². The summed E-state index contributed by atoms with van der Waals surface area (Å²) in [5.74, 6) is 0. The van der Waals surface area contributed by atoms with Gasteiger partial charge in [-0.1, -0.05) is 18.2 Å². The number of hydrogen-bond donors (Lipinski definition) is 1. The molecule has 0 unspecified atom stereocenters.